The summed E-state index contributed by atoms with van der Waals surface area (Å²) in [7, 11) is 1.58. The second kappa shape index (κ2) is 7.02. The Bertz CT molecular complexity index is 757. The Kier molecular flexibility index (Phi) is 4.82. The summed E-state index contributed by atoms with van der Waals surface area (Å²) in [6, 6.07) is 11.6. The van der Waals surface area contributed by atoms with Gasteiger partial charge < -0.3 is 0 Å². The molecular weight excluding hydrogens is 306 g/mol. The number of hydrogen-bond acceptors (Lipinski definition) is 5. The van der Waals surface area contributed by atoms with E-state index in [1.165, 1.54) is 21.2 Å². The Morgan fingerprint density at radius 3 is 2.46 bits per heavy atom. The van der Waals surface area contributed by atoms with Crippen LogP contribution < -0.4 is 22.1 Å². The van der Waals surface area contributed by atoms with Crippen molar-refractivity contribution < 1.29 is 0 Å². The number of hydrazine groups is 1. The number of H-pyrrole nitrogens is 1. The minimum Gasteiger partial charge on any atom is -0.299 e. The number of rotatable bonds is 4. The lowest BCUT2D eigenvalue weighted by Gasteiger charge is -2.32. The fourth-order valence-corrected chi connectivity index (χ4v) is 3.21. The van der Waals surface area contributed by atoms with E-state index < -0.39 is 5.69 Å². The number of likely N-dealkylation sites (tertiary alicyclic amines) is 1. The molecule has 0 atom stereocenters. The van der Waals surface area contributed by atoms with Gasteiger partial charge in [-0.15, -0.1) is 0 Å². The number of piperidine rings is 1. The molecule has 7 nitrogen and oxygen atoms in total. The van der Waals surface area contributed by atoms with E-state index in [0.717, 1.165) is 32.5 Å². The average Bonchev–Trinajstić information content (AvgIpc) is 2.56. The van der Waals surface area contributed by atoms with Crippen LogP contribution in [0.15, 0.2) is 46.0 Å². The summed E-state index contributed by atoms with van der Waals surface area (Å²) >= 11 is 0. The number of anilines is 1. The van der Waals surface area contributed by atoms with Gasteiger partial charge in [-0.05, 0) is 18.4 Å². The molecule has 0 saturated carbocycles. The summed E-state index contributed by atoms with van der Waals surface area (Å²) < 4.78 is 1.33. The minimum atomic E-state index is -0.392. The highest BCUT2D eigenvalue weighted by Gasteiger charge is 2.23. The molecule has 0 unspecified atom stereocenters. The van der Waals surface area contributed by atoms with Gasteiger partial charge in [-0.25, -0.2) is 10.6 Å². The Balaban J connectivity index is 1.69. The quantitative estimate of drug-likeness (QED) is 0.636. The van der Waals surface area contributed by atoms with Crippen LogP contribution >= 0.6 is 0 Å². The standard InChI is InChI=1S/C17H23N5O2/c1-20(18)15-11-16(23)22(17(24)19-15)14-7-9-21(10-8-14)12-13-5-3-2-4-6-13/h2-6,11,14H,7-10,12,18H2,1H3,(H,19,24). The number of nitrogens with zero attached hydrogens (tertiary/aromatic N) is 3. The van der Waals surface area contributed by atoms with E-state index in [1.54, 1.807) is 7.05 Å². The van der Waals surface area contributed by atoms with Gasteiger partial charge in [0.1, 0.15) is 5.82 Å². The van der Waals surface area contributed by atoms with Gasteiger partial charge in [0.2, 0.25) is 0 Å². The summed E-state index contributed by atoms with van der Waals surface area (Å²) in [5, 5.41) is 1.23. The van der Waals surface area contributed by atoms with Gasteiger partial charge in [0.05, 0.1) is 0 Å². The molecule has 3 N–H and O–H groups in total. The molecule has 24 heavy (non-hydrogen) atoms. The maximum Gasteiger partial charge on any atom is 0.330 e. The van der Waals surface area contributed by atoms with Crippen LogP contribution in [0.4, 0.5) is 5.82 Å². The molecule has 1 aliphatic rings. The summed E-state index contributed by atoms with van der Waals surface area (Å²) in [5.74, 6) is 5.90. The third-order valence-electron chi connectivity index (χ3n) is 4.50. The lowest BCUT2D eigenvalue weighted by atomic mass is 10.0. The van der Waals surface area contributed by atoms with Gasteiger partial charge in [-0.3, -0.25) is 24.3 Å². The number of nitrogens with two attached hydrogens (primary N) is 1. The monoisotopic (exact) mass is 329 g/mol. The zero-order valence-electron chi connectivity index (χ0n) is 13.8. The highest BCUT2D eigenvalue weighted by molar-refractivity contribution is 5.32. The molecule has 0 amide bonds. The molecule has 1 fully saturated rings. The molecule has 1 aromatic heterocycles. The predicted octanol–water partition coefficient (Wildman–Crippen LogP) is 0.684. The minimum absolute atomic E-state index is 0.0644. The normalized spacial score (nSPS) is 16.2. The Morgan fingerprint density at radius 2 is 1.88 bits per heavy atom. The van der Waals surface area contributed by atoms with Crippen molar-refractivity contribution in [1.29, 1.82) is 0 Å². The molecule has 3 rings (SSSR count). The van der Waals surface area contributed by atoms with Crippen LogP contribution in [0.25, 0.3) is 0 Å². The van der Waals surface area contributed by atoms with Crippen molar-refractivity contribution in [2.75, 3.05) is 25.1 Å². The summed E-state index contributed by atoms with van der Waals surface area (Å²) in [5.41, 5.74) is 0.588. The first kappa shape index (κ1) is 16.5. The number of hydrogen-bond donors (Lipinski definition) is 2. The number of benzene rings is 1. The second-order valence-corrected chi connectivity index (χ2v) is 6.27. The van der Waals surface area contributed by atoms with Crippen LogP contribution in [0.2, 0.25) is 0 Å². The van der Waals surface area contributed by atoms with Crippen LogP contribution in [0.3, 0.4) is 0 Å². The fourth-order valence-electron chi connectivity index (χ4n) is 3.21. The van der Waals surface area contributed by atoms with E-state index in [-0.39, 0.29) is 11.6 Å². The predicted molar refractivity (Wildman–Crippen MR) is 93.9 cm³/mol. The molecule has 0 radical (unpaired) electrons. The van der Waals surface area contributed by atoms with Gasteiger partial charge >= 0.3 is 5.69 Å². The maximum absolute atomic E-state index is 12.3. The van der Waals surface area contributed by atoms with Crippen molar-refractivity contribution in [1.82, 2.24) is 14.5 Å². The van der Waals surface area contributed by atoms with Crippen molar-refractivity contribution in [3.8, 4) is 0 Å². The Hall–Kier alpha value is -2.38. The van der Waals surface area contributed by atoms with E-state index in [0.29, 0.717) is 5.82 Å². The van der Waals surface area contributed by atoms with Crippen LogP contribution in [-0.2, 0) is 6.54 Å². The first-order valence-corrected chi connectivity index (χ1v) is 8.15. The maximum atomic E-state index is 12.3. The lowest BCUT2D eigenvalue weighted by molar-refractivity contribution is 0.175. The molecule has 0 aliphatic carbocycles. The van der Waals surface area contributed by atoms with E-state index in [4.69, 9.17) is 5.84 Å². The number of nitrogens with one attached hydrogen (secondary N) is 1. The molecule has 2 heterocycles. The van der Waals surface area contributed by atoms with E-state index >= 15 is 0 Å². The highest BCUT2D eigenvalue weighted by Crippen LogP contribution is 2.21. The molecule has 1 aliphatic heterocycles. The van der Waals surface area contributed by atoms with Gasteiger partial charge in [-0.1, -0.05) is 30.3 Å². The molecule has 1 aromatic carbocycles. The van der Waals surface area contributed by atoms with Crippen molar-refractivity contribution in [2.45, 2.75) is 25.4 Å². The average molecular weight is 329 g/mol. The Morgan fingerprint density at radius 1 is 1.21 bits per heavy atom. The summed E-state index contributed by atoms with van der Waals surface area (Å²) in [4.78, 5) is 29.5. The van der Waals surface area contributed by atoms with Crippen LogP contribution in [-0.4, -0.2) is 34.6 Å². The molecule has 128 valence electrons. The SMILES string of the molecule is CN(N)c1cc(=O)n(C2CCN(Cc3ccccc3)CC2)c(=O)[nH]1. The van der Waals surface area contributed by atoms with E-state index in [9.17, 15) is 9.59 Å². The second-order valence-electron chi connectivity index (χ2n) is 6.27. The third kappa shape index (κ3) is 3.58. The van der Waals surface area contributed by atoms with Crippen molar-refractivity contribution in [3.05, 3.63) is 62.8 Å². The first-order valence-electron chi connectivity index (χ1n) is 8.15. The number of aromatic nitrogens is 2. The van der Waals surface area contributed by atoms with Gasteiger partial charge in [0, 0.05) is 38.8 Å². The largest absolute Gasteiger partial charge is 0.330 e. The van der Waals surface area contributed by atoms with Gasteiger partial charge in [-0.2, -0.15) is 0 Å². The topological polar surface area (TPSA) is 87.4 Å². The zero-order valence-corrected chi connectivity index (χ0v) is 13.8. The third-order valence-corrected chi connectivity index (χ3v) is 4.50. The first-order chi connectivity index (χ1) is 11.5. The van der Waals surface area contributed by atoms with Crippen molar-refractivity contribution in [3.63, 3.8) is 0 Å². The van der Waals surface area contributed by atoms with Gasteiger partial charge in [0.25, 0.3) is 5.56 Å². The van der Waals surface area contributed by atoms with Crippen molar-refractivity contribution in [2.24, 2.45) is 5.84 Å². The van der Waals surface area contributed by atoms with Gasteiger partial charge in [0.15, 0.2) is 0 Å². The number of aromatic amines is 1. The zero-order chi connectivity index (χ0) is 17.1. The van der Waals surface area contributed by atoms with E-state index in [2.05, 4.69) is 22.0 Å². The molecule has 7 heteroatoms. The smallest absolute Gasteiger partial charge is 0.299 e. The van der Waals surface area contributed by atoms with Crippen molar-refractivity contribution >= 4 is 5.82 Å². The lowest BCUT2D eigenvalue weighted by Crippen LogP contribution is -2.44. The summed E-state index contributed by atoms with van der Waals surface area (Å²) in [6.07, 6.45) is 1.57. The molecular formula is C17H23N5O2. The highest BCUT2D eigenvalue weighted by atomic mass is 16.2. The molecule has 2 aromatic rings. The summed E-state index contributed by atoms with van der Waals surface area (Å²) in [6.45, 7) is 2.63. The fraction of sp³-hybridized carbons (Fsp3) is 0.412. The molecule has 0 bridgehead atoms. The van der Waals surface area contributed by atoms with Crippen LogP contribution in [0, 0.1) is 0 Å². The van der Waals surface area contributed by atoms with Crippen LogP contribution in [0.5, 0.6) is 0 Å². The van der Waals surface area contributed by atoms with Crippen LogP contribution in [0.1, 0.15) is 24.4 Å². The van der Waals surface area contributed by atoms with E-state index in [1.807, 2.05) is 18.2 Å². The molecule has 1 saturated heterocycles. The molecule has 0 spiro atoms. The Labute approximate surface area is 140 Å².